The van der Waals surface area contributed by atoms with E-state index in [4.69, 9.17) is 36.8 Å². The van der Waals surface area contributed by atoms with Gasteiger partial charge >= 0.3 is 17.9 Å². The molecule has 0 spiro atoms. The number of carbonyl (C=O) groups excluding carboxylic acids is 2. The van der Waals surface area contributed by atoms with E-state index in [0.29, 0.717) is 126 Å². The van der Waals surface area contributed by atoms with Crippen LogP contribution in [0.3, 0.4) is 0 Å². The zero-order valence-corrected chi connectivity index (χ0v) is 49.7. The molecule has 0 bridgehead atoms. The minimum atomic E-state index is -1.03. The largest absolute Gasteiger partial charge is 0.480 e. The lowest BCUT2D eigenvalue weighted by Gasteiger charge is -2.43. The number of aliphatic carboxylic acids is 3. The summed E-state index contributed by atoms with van der Waals surface area (Å²) in [5, 5.41) is 35.3. The first-order valence-corrected chi connectivity index (χ1v) is 29.5. The van der Waals surface area contributed by atoms with Crippen molar-refractivity contribution in [2.75, 3.05) is 141 Å². The van der Waals surface area contributed by atoms with Gasteiger partial charge in [0.1, 0.15) is 17.5 Å². The minimum Gasteiger partial charge on any atom is -0.480 e. The van der Waals surface area contributed by atoms with Gasteiger partial charge in [0.05, 0.1) is 66.7 Å². The summed E-state index contributed by atoms with van der Waals surface area (Å²) in [6, 6.07) is 10.5. The summed E-state index contributed by atoms with van der Waals surface area (Å²) in [6.07, 6.45) is 6.53. The molecule has 5 heterocycles. The molecule has 0 radical (unpaired) electrons. The number of nitrogens with two attached hydrogens (primary N) is 1. The number of aromatic nitrogens is 3. The molecule has 0 unspecified atom stereocenters. The molecule has 0 aliphatic carbocycles. The number of carbonyl (C=O) groups is 5. The van der Waals surface area contributed by atoms with Gasteiger partial charge in [-0.25, -0.2) is 14.4 Å². The van der Waals surface area contributed by atoms with Gasteiger partial charge in [0.15, 0.2) is 0 Å². The molecule has 2 amide bonds. The second-order valence-electron chi connectivity index (χ2n) is 23.3. The Balaban J connectivity index is 0.884. The molecule has 2 aromatic heterocycles. The Labute approximate surface area is 491 Å². The predicted octanol–water partition coefficient (Wildman–Crippen LogP) is 5.01. The molecule has 8 N–H and O–H groups in total. The molecule has 3 aliphatic rings. The van der Waals surface area contributed by atoms with Crippen molar-refractivity contribution >= 4 is 63.9 Å². The van der Waals surface area contributed by atoms with E-state index >= 15 is 4.39 Å². The Bertz CT molecular complexity index is 2790. The van der Waals surface area contributed by atoms with E-state index in [-0.39, 0.29) is 87.6 Å². The van der Waals surface area contributed by atoms with Gasteiger partial charge in [0.2, 0.25) is 11.8 Å². The van der Waals surface area contributed by atoms with Gasteiger partial charge in [-0.15, -0.1) is 0 Å². The Morgan fingerprint density at radius 3 is 1.93 bits per heavy atom. The van der Waals surface area contributed by atoms with Crippen molar-refractivity contribution in [2.24, 2.45) is 11.1 Å². The maximum absolute atomic E-state index is 15.1. The number of rotatable bonds is 27. The van der Waals surface area contributed by atoms with E-state index in [0.717, 1.165) is 53.6 Å². The standard InChI is InChI=1S/C59H86ClFN12O10/c1-6-59(7-2,13-25-82-27-14-63-50(75)36-68-17-19-69(37-51(76)77)21-23-71(39-53(80)81)24-22-70(20-18-68)38-52(78)79)83-26-12-58(4,5)32-49(74)65-45-34-73(35-45)57-54(56-66-47-9-8-42(60)31-48(47)67-56)55(72-15-10-44(62)11-16-72)46(33-64-57)41-28-40(3)29-43(61)30-41/h8-9,28-31,33,44-45H,6-7,10-27,32,34-39,62H2,1-5H3,(H,63,75)(H,65,74)(H,66,67)(H,76,77)(H,78,79)(H,80,81). The number of halogens is 2. The summed E-state index contributed by atoms with van der Waals surface area (Å²) in [4.78, 5) is 86.9. The molecule has 83 heavy (non-hydrogen) atoms. The number of fused-ring (bicyclic) bond motifs is 1. The number of hydrogen-bond donors (Lipinski definition) is 7. The zero-order valence-electron chi connectivity index (χ0n) is 48.9. The van der Waals surface area contributed by atoms with E-state index in [1.807, 2.05) is 42.3 Å². The van der Waals surface area contributed by atoms with Gasteiger partial charge in [-0.1, -0.05) is 45.4 Å². The van der Waals surface area contributed by atoms with Crippen LogP contribution in [0.1, 0.15) is 78.2 Å². The number of amides is 2. The molecule has 2 aromatic carbocycles. The van der Waals surface area contributed by atoms with Crippen LogP contribution in [0.5, 0.6) is 0 Å². The predicted molar refractivity (Wildman–Crippen MR) is 317 cm³/mol. The monoisotopic (exact) mass is 1180 g/mol. The highest BCUT2D eigenvalue weighted by Crippen LogP contribution is 2.46. The van der Waals surface area contributed by atoms with Gasteiger partial charge in [-0.2, -0.15) is 0 Å². The molecule has 0 atom stereocenters. The molecule has 3 aliphatic heterocycles. The van der Waals surface area contributed by atoms with Crippen LogP contribution in [0, 0.1) is 18.2 Å². The highest BCUT2D eigenvalue weighted by atomic mass is 35.5. The number of aromatic amines is 1. The highest BCUT2D eigenvalue weighted by Gasteiger charge is 2.37. The fourth-order valence-electron chi connectivity index (χ4n) is 11.2. The third-order valence-corrected chi connectivity index (χ3v) is 16.5. The summed E-state index contributed by atoms with van der Waals surface area (Å²) in [5.41, 5.74) is 11.1. The number of carboxylic acid groups (broad SMARTS) is 3. The lowest BCUT2D eigenvalue weighted by molar-refractivity contribution is -0.140. The molecule has 4 aromatic rings. The SMILES string of the molecule is CCC(CC)(CCOCCNC(=O)CN1CCN(CC(=O)O)CCN(CC(=O)O)CCN(CC(=O)O)CC1)OCCC(C)(C)CC(=O)NC1CN(c2ncc(-c3cc(C)cc(F)c3)c(N3CCC(N)CC3)c2-c2nc3cc(Cl)ccc3[nH]2)C1. The molecule has 7 rings (SSSR count). The summed E-state index contributed by atoms with van der Waals surface area (Å²) >= 11 is 6.43. The van der Waals surface area contributed by atoms with Crippen LogP contribution in [-0.4, -0.2) is 228 Å². The minimum absolute atomic E-state index is 0.0139. The zero-order chi connectivity index (χ0) is 59.8. The van der Waals surface area contributed by atoms with Crippen LogP contribution in [0.4, 0.5) is 15.9 Å². The smallest absolute Gasteiger partial charge is 0.317 e. The van der Waals surface area contributed by atoms with Crippen LogP contribution in [0.15, 0.2) is 42.6 Å². The van der Waals surface area contributed by atoms with Gasteiger partial charge in [-0.05, 0) is 92.3 Å². The maximum atomic E-state index is 15.1. The first-order valence-electron chi connectivity index (χ1n) is 29.1. The molecule has 3 fully saturated rings. The van der Waals surface area contributed by atoms with E-state index in [1.165, 1.54) is 6.07 Å². The van der Waals surface area contributed by atoms with Crippen molar-refractivity contribution in [1.29, 1.82) is 0 Å². The third kappa shape index (κ3) is 19.2. The van der Waals surface area contributed by atoms with Crippen molar-refractivity contribution < 1.29 is 53.2 Å². The maximum Gasteiger partial charge on any atom is 0.317 e. The normalized spacial score (nSPS) is 17.3. The van der Waals surface area contributed by atoms with Gasteiger partial charge in [-0.3, -0.25) is 43.6 Å². The number of pyridine rings is 1. The van der Waals surface area contributed by atoms with Crippen molar-refractivity contribution in [2.45, 2.75) is 97.2 Å². The number of anilines is 2. The molecule has 24 heteroatoms. The first kappa shape index (κ1) is 64.5. The third-order valence-electron chi connectivity index (χ3n) is 16.2. The molecular weight excluding hydrogens is 1090 g/mol. The summed E-state index contributed by atoms with van der Waals surface area (Å²) in [7, 11) is 0. The van der Waals surface area contributed by atoms with Gasteiger partial charge in [0.25, 0.3) is 0 Å². The Hall–Kier alpha value is -6.05. The van der Waals surface area contributed by atoms with E-state index in [1.54, 1.807) is 20.8 Å². The second kappa shape index (κ2) is 30.2. The summed E-state index contributed by atoms with van der Waals surface area (Å²) < 4.78 is 27.7. The topological polar surface area (TPSA) is 276 Å². The number of piperidine rings is 1. The summed E-state index contributed by atoms with van der Waals surface area (Å²) in [6.45, 7) is 15.8. The lowest BCUT2D eigenvalue weighted by atomic mass is 9.85. The second-order valence-corrected chi connectivity index (χ2v) is 23.7. The van der Waals surface area contributed by atoms with Gasteiger partial charge in [0, 0.05) is 128 Å². The van der Waals surface area contributed by atoms with Crippen molar-refractivity contribution in [1.82, 2.24) is 45.2 Å². The molecule has 456 valence electrons. The average Bonchev–Trinajstić information content (AvgIpc) is 3.83. The fraction of sp³-hybridized carbons (Fsp3) is 0.610. The molecule has 0 saturated carbocycles. The van der Waals surface area contributed by atoms with Crippen molar-refractivity contribution in [3.8, 4) is 22.5 Å². The van der Waals surface area contributed by atoms with E-state index < -0.39 is 23.5 Å². The number of ether oxygens (including phenoxy) is 2. The Kier molecular flexibility index (Phi) is 23.4. The van der Waals surface area contributed by atoms with E-state index in [9.17, 15) is 39.3 Å². The number of H-pyrrole nitrogens is 1. The molecule has 3 saturated heterocycles. The van der Waals surface area contributed by atoms with Crippen LogP contribution in [0.2, 0.25) is 5.02 Å². The number of hydrogen-bond acceptors (Lipinski definition) is 16. The van der Waals surface area contributed by atoms with E-state index in [2.05, 4.69) is 53.1 Å². The van der Waals surface area contributed by atoms with Crippen molar-refractivity contribution in [3.63, 3.8) is 0 Å². The van der Waals surface area contributed by atoms with Crippen LogP contribution in [0.25, 0.3) is 33.5 Å². The van der Waals surface area contributed by atoms with Crippen LogP contribution in [-0.2, 0) is 33.4 Å². The summed E-state index contributed by atoms with van der Waals surface area (Å²) in [5.74, 6) is -2.36. The molecule has 22 nitrogen and oxygen atoms in total. The number of benzene rings is 2. The number of nitrogens with zero attached hydrogens (tertiary/aromatic N) is 8. The average molecular weight is 1180 g/mol. The Morgan fingerprint density at radius 2 is 1.36 bits per heavy atom. The van der Waals surface area contributed by atoms with Crippen molar-refractivity contribution in [3.05, 3.63) is 59.0 Å². The van der Waals surface area contributed by atoms with Crippen LogP contribution >= 0.6 is 11.6 Å². The highest BCUT2D eigenvalue weighted by molar-refractivity contribution is 6.31. The number of nitrogens with one attached hydrogen (secondary N) is 3. The Morgan fingerprint density at radius 1 is 0.771 bits per heavy atom. The first-order chi connectivity index (χ1) is 39.6. The number of imidazole rings is 1. The fourth-order valence-corrected chi connectivity index (χ4v) is 11.4. The van der Waals surface area contributed by atoms with Crippen LogP contribution < -0.4 is 26.2 Å². The molecular formula is C59H86ClFN12O10. The quantitative estimate of drug-likeness (QED) is 0.0387. The lowest BCUT2D eigenvalue weighted by Crippen LogP contribution is -2.60. The number of carboxylic acids is 3. The van der Waals surface area contributed by atoms with Gasteiger partial charge < -0.3 is 55.9 Å². The number of aryl methyl sites for hydroxylation is 1.